The van der Waals surface area contributed by atoms with Crippen molar-refractivity contribution in [3.63, 3.8) is 0 Å². The first kappa shape index (κ1) is 16.3. The summed E-state index contributed by atoms with van der Waals surface area (Å²) in [6, 6.07) is 5.53. The monoisotopic (exact) mass is 280 g/mol. The second-order valence-corrected chi connectivity index (χ2v) is 5.38. The average Bonchev–Trinajstić information content (AvgIpc) is 2.38. The van der Waals surface area contributed by atoms with Crippen LogP contribution >= 0.6 is 0 Å². The van der Waals surface area contributed by atoms with Gasteiger partial charge in [-0.2, -0.15) is 0 Å². The summed E-state index contributed by atoms with van der Waals surface area (Å²) in [5.41, 5.74) is 0.114. The molecule has 0 heterocycles. The zero-order valence-corrected chi connectivity index (χ0v) is 13.1. The van der Waals surface area contributed by atoms with E-state index in [1.54, 1.807) is 14.0 Å². The van der Waals surface area contributed by atoms with Crippen LogP contribution in [0, 0.1) is 0 Å². The van der Waals surface area contributed by atoms with E-state index in [0.717, 1.165) is 5.56 Å². The molecule has 1 rings (SSSR count). The number of ether oxygens (including phenoxy) is 3. The molecule has 0 unspecified atom stereocenters. The van der Waals surface area contributed by atoms with E-state index in [-0.39, 0.29) is 12.1 Å². The number of hydrogen-bond acceptors (Lipinski definition) is 4. The van der Waals surface area contributed by atoms with Crippen molar-refractivity contribution in [2.75, 3.05) is 13.7 Å². The Morgan fingerprint density at radius 3 is 2.40 bits per heavy atom. The zero-order valence-electron chi connectivity index (χ0n) is 13.1. The van der Waals surface area contributed by atoms with Crippen LogP contribution in [0.4, 0.5) is 0 Å². The summed E-state index contributed by atoms with van der Waals surface area (Å²) in [5.74, 6) is 1.04. The Bertz CT molecular complexity index is 464. The molecule has 0 amide bonds. The van der Waals surface area contributed by atoms with Crippen LogP contribution in [0.15, 0.2) is 18.2 Å². The molecule has 0 aliphatic carbocycles. The van der Waals surface area contributed by atoms with Crippen molar-refractivity contribution in [2.45, 2.75) is 46.1 Å². The van der Waals surface area contributed by atoms with Gasteiger partial charge in [0, 0.05) is 0 Å². The minimum atomic E-state index is -0.723. The van der Waals surface area contributed by atoms with Crippen LogP contribution < -0.4 is 9.47 Å². The fourth-order valence-corrected chi connectivity index (χ4v) is 1.84. The van der Waals surface area contributed by atoms with E-state index < -0.39 is 5.41 Å². The van der Waals surface area contributed by atoms with Crippen molar-refractivity contribution in [1.82, 2.24) is 0 Å². The van der Waals surface area contributed by atoms with Gasteiger partial charge in [-0.05, 0) is 52.3 Å². The van der Waals surface area contributed by atoms with Crippen molar-refractivity contribution in [3.05, 3.63) is 23.8 Å². The van der Waals surface area contributed by atoms with E-state index in [2.05, 4.69) is 0 Å². The lowest BCUT2D eigenvalue weighted by Crippen LogP contribution is -2.31. The summed E-state index contributed by atoms with van der Waals surface area (Å²) in [7, 11) is 1.59. The topological polar surface area (TPSA) is 44.8 Å². The highest BCUT2D eigenvalue weighted by atomic mass is 16.5. The standard InChI is InChI=1S/C16H24O4/c1-7-19-15(17)16(4,5)12-8-9-13(20-11(2)3)14(10-12)18-6/h8-11H,7H2,1-6H3. The number of rotatable bonds is 6. The first-order valence-electron chi connectivity index (χ1n) is 6.85. The molecule has 0 N–H and O–H groups in total. The minimum Gasteiger partial charge on any atom is -0.493 e. The number of esters is 1. The number of benzene rings is 1. The van der Waals surface area contributed by atoms with Gasteiger partial charge in [0.05, 0.1) is 25.2 Å². The molecule has 0 saturated carbocycles. The number of carbonyl (C=O) groups is 1. The van der Waals surface area contributed by atoms with Crippen molar-refractivity contribution < 1.29 is 19.0 Å². The Balaban J connectivity index is 3.11. The maximum absolute atomic E-state index is 12.0. The third-order valence-corrected chi connectivity index (χ3v) is 3.03. The Morgan fingerprint density at radius 2 is 1.90 bits per heavy atom. The third kappa shape index (κ3) is 3.65. The molecule has 4 nitrogen and oxygen atoms in total. The van der Waals surface area contributed by atoms with Crippen molar-refractivity contribution in [2.24, 2.45) is 0 Å². The van der Waals surface area contributed by atoms with Gasteiger partial charge < -0.3 is 14.2 Å². The van der Waals surface area contributed by atoms with Gasteiger partial charge in [-0.15, -0.1) is 0 Å². The molecule has 20 heavy (non-hydrogen) atoms. The Labute approximate surface area is 121 Å². The average molecular weight is 280 g/mol. The quantitative estimate of drug-likeness (QED) is 0.750. The highest BCUT2D eigenvalue weighted by Crippen LogP contribution is 2.34. The molecule has 0 aliphatic heterocycles. The molecular formula is C16H24O4. The number of hydrogen-bond donors (Lipinski definition) is 0. The molecule has 1 aromatic carbocycles. The molecule has 0 spiro atoms. The highest BCUT2D eigenvalue weighted by Gasteiger charge is 2.32. The molecule has 112 valence electrons. The molecule has 0 aromatic heterocycles. The van der Waals surface area contributed by atoms with Crippen LogP contribution in [0.3, 0.4) is 0 Å². The van der Waals surface area contributed by atoms with Crippen LogP contribution in [0.2, 0.25) is 0 Å². The molecule has 0 saturated heterocycles. The third-order valence-electron chi connectivity index (χ3n) is 3.03. The lowest BCUT2D eigenvalue weighted by molar-refractivity contribution is -0.148. The maximum atomic E-state index is 12.0. The van der Waals surface area contributed by atoms with Crippen LogP contribution in [0.25, 0.3) is 0 Å². The smallest absolute Gasteiger partial charge is 0.315 e. The second-order valence-electron chi connectivity index (χ2n) is 5.38. The van der Waals surface area contributed by atoms with Gasteiger partial charge >= 0.3 is 5.97 Å². The fraction of sp³-hybridized carbons (Fsp3) is 0.562. The van der Waals surface area contributed by atoms with Crippen molar-refractivity contribution in [1.29, 1.82) is 0 Å². The fourth-order valence-electron chi connectivity index (χ4n) is 1.84. The zero-order chi connectivity index (χ0) is 15.3. The number of carbonyl (C=O) groups excluding carboxylic acids is 1. The summed E-state index contributed by atoms with van der Waals surface area (Å²) in [4.78, 5) is 12.0. The molecule has 0 atom stereocenters. The van der Waals surface area contributed by atoms with Gasteiger partial charge in [0.1, 0.15) is 0 Å². The van der Waals surface area contributed by atoms with Crippen LogP contribution in [0.1, 0.15) is 40.2 Å². The van der Waals surface area contributed by atoms with E-state index in [9.17, 15) is 4.79 Å². The van der Waals surface area contributed by atoms with E-state index in [1.807, 2.05) is 45.9 Å². The van der Waals surface area contributed by atoms with Gasteiger partial charge in [0.2, 0.25) is 0 Å². The predicted molar refractivity (Wildman–Crippen MR) is 78.4 cm³/mol. The predicted octanol–water partition coefficient (Wildman–Crippen LogP) is 3.32. The van der Waals surface area contributed by atoms with Gasteiger partial charge in [-0.1, -0.05) is 6.07 Å². The highest BCUT2D eigenvalue weighted by molar-refractivity contribution is 5.82. The van der Waals surface area contributed by atoms with E-state index in [1.165, 1.54) is 0 Å². The van der Waals surface area contributed by atoms with E-state index in [0.29, 0.717) is 18.1 Å². The van der Waals surface area contributed by atoms with Gasteiger partial charge in [-0.25, -0.2) is 0 Å². The molecular weight excluding hydrogens is 256 g/mol. The molecule has 4 heteroatoms. The summed E-state index contributed by atoms with van der Waals surface area (Å²) < 4.78 is 16.1. The largest absolute Gasteiger partial charge is 0.493 e. The van der Waals surface area contributed by atoms with Gasteiger partial charge in [0.15, 0.2) is 11.5 Å². The lowest BCUT2D eigenvalue weighted by atomic mass is 9.84. The summed E-state index contributed by atoms with van der Waals surface area (Å²) in [6.45, 7) is 9.75. The molecule has 0 fully saturated rings. The van der Waals surface area contributed by atoms with Crippen molar-refractivity contribution in [3.8, 4) is 11.5 Å². The number of methoxy groups -OCH3 is 1. The molecule has 0 aliphatic rings. The SMILES string of the molecule is CCOC(=O)C(C)(C)c1ccc(OC(C)C)c(OC)c1. The lowest BCUT2D eigenvalue weighted by Gasteiger charge is -2.24. The minimum absolute atomic E-state index is 0.0628. The molecule has 0 bridgehead atoms. The van der Waals surface area contributed by atoms with Crippen molar-refractivity contribution >= 4 is 5.97 Å². The van der Waals surface area contributed by atoms with Crippen LogP contribution in [0.5, 0.6) is 11.5 Å². The van der Waals surface area contributed by atoms with Crippen LogP contribution in [-0.4, -0.2) is 25.8 Å². The second kappa shape index (κ2) is 6.64. The first-order chi connectivity index (χ1) is 9.32. The maximum Gasteiger partial charge on any atom is 0.315 e. The Morgan fingerprint density at radius 1 is 1.25 bits per heavy atom. The van der Waals surface area contributed by atoms with Gasteiger partial charge in [0.25, 0.3) is 0 Å². The first-order valence-corrected chi connectivity index (χ1v) is 6.85. The summed E-state index contributed by atoms with van der Waals surface area (Å²) >= 11 is 0. The normalized spacial score (nSPS) is 11.3. The van der Waals surface area contributed by atoms with Crippen LogP contribution in [-0.2, 0) is 14.9 Å². The molecule has 0 radical (unpaired) electrons. The summed E-state index contributed by atoms with van der Waals surface area (Å²) in [5, 5.41) is 0. The Kier molecular flexibility index (Phi) is 5.43. The molecule has 1 aromatic rings. The van der Waals surface area contributed by atoms with E-state index >= 15 is 0 Å². The van der Waals surface area contributed by atoms with Gasteiger partial charge in [-0.3, -0.25) is 4.79 Å². The summed E-state index contributed by atoms with van der Waals surface area (Å²) in [6.07, 6.45) is 0.0628. The van der Waals surface area contributed by atoms with E-state index in [4.69, 9.17) is 14.2 Å². The Hall–Kier alpha value is -1.71.